The molecule has 0 atom stereocenters. The van der Waals surface area contributed by atoms with Gasteiger partial charge in [0.2, 0.25) is 0 Å². The van der Waals surface area contributed by atoms with Gasteiger partial charge in [-0.1, -0.05) is 69.7 Å². The second kappa shape index (κ2) is 12.0. The molecule has 3 aromatic rings. The second-order valence-electron chi connectivity index (χ2n) is 10.1. The molecule has 0 spiro atoms. The van der Waals surface area contributed by atoms with E-state index in [-0.39, 0.29) is 22.7 Å². The molecule has 0 amide bonds. The average molecular weight is 501 g/mol. The van der Waals surface area contributed by atoms with Crippen molar-refractivity contribution in [2.45, 2.75) is 77.0 Å². The van der Waals surface area contributed by atoms with Crippen LogP contribution in [0.3, 0.4) is 0 Å². The van der Waals surface area contributed by atoms with Gasteiger partial charge in [-0.25, -0.2) is 13.2 Å². The predicted molar refractivity (Wildman–Crippen MR) is 138 cm³/mol. The van der Waals surface area contributed by atoms with E-state index in [2.05, 4.69) is 6.92 Å². The topological polar surface area (TPSA) is 0 Å². The van der Waals surface area contributed by atoms with E-state index in [4.69, 9.17) is 0 Å². The van der Waals surface area contributed by atoms with Gasteiger partial charge in [0.1, 0.15) is 17.5 Å². The molecule has 0 bridgehead atoms. The van der Waals surface area contributed by atoms with Gasteiger partial charge in [0.15, 0.2) is 0 Å². The van der Waals surface area contributed by atoms with Gasteiger partial charge in [0.05, 0.1) is 5.56 Å². The summed E-state index contributed by atoms with van der Waals surface area (Å²) in [5, 5.41) is 0.196. The zero-order valence-corrected chi connectivity index (χ0v) is 20.7. The Balaban J connectivity index is 1.46. The Hall–Kier alpha value is -2.69. The fourth-order valence-corrected chi connectivity index (χ4v) is 5.60. The summed E-state index contributed by atoms with van der Waals surface area (Å²) in [5.74, 6) is -1.38. The minimum atomic E-state index is -2.18. The molecule has 1 aliphatic carbocycles. The molecule has 5 heteroatoms. The summed E-state index contributed by atoms with van der Waals surface area (Å²) >= 11 is 0. The summed E-state index contributed by atoms with van der Waals surface area (Å²) in [7, 11) is 0. The van der Waals surface area contributed by atoms with E-state index in [0.717, 1.165) is 30.4 Å². The molecule has 0 aromatic heterocycles. The molecule has 192 valence electrons. The van der Waals surface area contributed by atoms with Crippen LogP contribution >= 0.6 is 0 Å². The fourth-order valence-electron chi connectivity index (χ4n) is 5.60. The Morgan fingerprint density at radius 2 is 1.58 bits per heavy atom. The highest BCUT2D eigenvalue weighted by Crippen LogP contribution is 2.39. The van der Waals surface area contributed by atoms with Crippen molar-refractivity contribution in [3.05, 3.63) is 77.1 Å². The molecule has 4 rings (SSSR count). The van der Waals surface area contributed by atoms with Crippen LogP contribution in [0.25, 0.3) is 28.0 Å². The molecular weight excluding hydrogens is 467 g/mol. The molecule has 1 saturated carbocycles. The normalized spacial score (nSPS) is 17.9. The maximum Gasteiger partial charge on any atom is 0.271 e. The molecule has 3 aromatic carbocycles. The van der Waals surface area contributed by atoms with Gasteiger partial charge in [-0.3, -0.25) is 0 Å². The third-order valence-electron chi connectivity index (χ3n) is 7.66. The van der Waals surface area contributed by atoms with E-state index in [9.17, 15) is 17.6 Å². The SMILES string of the molecule is CCCCCCCC1CCC(c2ccc(-c3ccc4c(F)c(C=C(F)F)c(F)cc4c3)c(F)c2)CC1. The molecule has 0 radical (unpaired) electrons. The van der Waals surface area contributed by atoms with Crippen molar-refractivity contribution < 1.29 is 22.0 Å². The lowest BCUT2D eigenvalue weighted by Gasteiger charge is -2.29. The van der Waals surface area contributed by atoms with Gasteiger partial charge >= 0.3 is 0 Å². The Morgan fingerprint density at radius 3 is 2.28 bits per heavy atom. The zero-order valence-electron chi connectivity index (χ0n) is 20.7. The third kappa shape index (κ3) is 6.16. The number of halogens is 5. The predicted octanol–water partition coefficient (Wildman–Crippen LogP) is 10.8. The molecule has 0 heterocycles. The highest BCUT2D eigenvalue weighted by Gasteiger charge is 2.23. The number of fused-ring (bicyclic) bond motifs is 1. The first-order chi connectivity index (χ1) is 17.4. The first-order valence-corrected chi connectivity index (χ1v) is 13.1. The summed E-state index contributed by atoms with van der Waals surface area (Å²) in [6.45, 7) is 2.23. The van der Waals surface area contributed by atoms with Crippen LogP contribution in [-0.2, 0) is 0 Å². The molecule has 36 heavy (non-hydrogen) atoms. The molecule has 0 saturated heterocycles. The van der Waals surface area contributed by atoms with Gasteiger partial charge in [0.25, 0.3) is 6.08 Å². The van der Waals surface area contributed by atoms with Crippen LogP contribution in [-0.4, -0.2) is 0 Å². The zero-order chi connectivity index (χ0) is 25.7. The van der Waals surface area contributed by atoms with Gasteiger partial charge in [0, 0.05) is 17.0 Å². The highest BCUT2D eigenvalue weighted by molar-refractivity contribution is 5.90. The molecule has 1 fully saturated rings. The first kappa shape index (κ1) is 26.4. The van der Waals surface area contributed by atoms with E-state index in [1.807, 2.05) is 6.07 Å². The molecule has 1 aliphatic rings. The Morgan fingerprint density at radius 1 is 0.833 bits per heavy atom. The van der Waals surface area contributed by atoms with Gasteiger partial charge in [-0.15, -0.1) is 0 Å². The maximum absolute atomic E-state index is 15.2. The highest BCUT2D eigenvalue weighted by atomic mass is 19.3. The monoisotopic (exact) mass is 500 g/mol. The van der Waals surface area contributed by atoms with Crippen molar-refractivity contribution in [3.63, 3.8) is 0 Å². The summed E-state index contributed by atoms with van der Waals surface area (Å²) in [6, 6.07) is 10.7. The van der Waals surface area contributed by atoms with E-state index in [0.29, 0.717) is 17.0 Å². The van der Waals surface area contributed by atoms with Crippen LogP contribution in [0.2, 0.25) is 0 Å². The van der Waals surface area contributed by atoms with Crippen LogP contribution < -0.4 is 0 Å². The van der Waals surface area contributed by atoms with E-state index >= 15 is 4.39 Å². The van der Waals surface area contributed by atoms with Gasteiger partial charge in [-0.05, 0) is 72.2 Å². The third-order valence-corrected chi connectivity index (χ3v) is 7.66. The second-order valence-corrected chi connectivity index (χ2v) is 10.1. The quantitative estimate of drug-likeness (QED) is 0.202. The Kier molecular flexibility index (Phi) is 8.81. The molecule has 0 unspecified atom stereocenters. The summed E-state index contributed by atoms with van der Waals surface area (Å²) < 4.78 is 69.2. The number of rotatable bonds is 9. The minimum Gasteiger partial charge on any atom is -0.206 e. The number of unbranched alkanes of at least 4 members (excludes halogenated alkanes) is 4. The minimum absolute atomic E-state index is 0.00630. The summed E-state index contributed by atoms with van der Waals surface area (Å²) in [6.07, 6.45) is 10.4. The van der Waals surface area contributed by atoms with Crippen LogP contribution in [0.4, 0.5) is 22.0 Å². The van der Waals surface area contributed by atoms with Crippen molar-refractivity contribution in [1.29, 1.82) is 0 Å². The van der Waals surface area contributed by atoms with Crippen LogP contribution in [0.1, 0.15) is 88.2 Å². The number of hydrogen-bond acceptors (Lipinski definition) is 0. The fraction of sp³-hybridized carbons (Fsp3) is 0.419. The molecular formula is C31H33F5. The largest absolute Gasteiger partial charge is 0.271 e. The summed E-state index contributed by atoms with van der Waals surface area (Å²) in [5.41, 5.74) is 1.05. The van der Waals surface area contributed by atoms with Crippen LogP contribution in [0, 0.1) is 23.4 Å². The lowest BCUT2D eigenvalue weighted by Crippen LogP contribution is -2.13. The molecule has 0 nitrogen and oxygen atoms in total. The number of hydrogen-bond donors (Lipinski definition) is 0. The Labute approximate surface area is 210 Å². The van der Waals surface area contributed by atoms with Crippen LogP contribution in [0.5, 0.6) is 0 Å². The van der Waals surface area contributed by atoms with Crippen molar-refractivity contribution >= 4 is 16.8 Å². The van der Waals surface area contributed by atoms with Crippen molar-refractivity contribution in [1.82, 2.24) is 0 Å². The molecule has 0 aliphatic heterocycles. The number of benzene rings is 3. The standard InChI is InChI=1S/C31H33F5/c1-2-3-4-5-6-7-20-8-10-21(11-9-20)22-12-14-25(28(32)17-22)23-13-15-26-24(16-23)18-29(33)27(31(26)36)19-30(34)35/h12-21H,2-11H2,1H3. The average Bonchev–Trinajstić information content (AvgIpc) is 2.86. The Bertz CT molecular complexity index is 1220. The van der Waals surface area contributed by atoms with Crippen molar-refractivity contribution in [2.24, 2.45) is 5.92 Å². The molecule has 0 N–H and O–H groups in total. The van der Waals surface area contributed by atoms with Gasteiger partial charge < -0.3 is 0 Å². The van der Waals surface area contributed by atoms with Crippen LogP contribution in [0.15, 0.2) is 48.5 Å². The first-order valence-electron chi connectivity index (χ1n) is 13.1. The van der Waals surface area contributed by atoms with E-state index < -0.39 is 23.3 Å². The van der Waals surface area contributed by atoms with Gasteiger partial charge in [-0.2, -0.15) is 8.78 Å². The van der Waals surface area contributed by atoms with Crippen molar-refractivity contribution in [2.75, 3.05) is 0 Å². The smallest absolute Gasteiger partial charge is 0.206 e. The lowest BCUT2D eigenvalue weighted by molar-refractivity contribution is 0.301. The van der Waals surface area contributed by atoms with E-state index in [1.165, 1.54) is 69.6 Å². The van der Waals surface area contributed by atoms with Crippen molar-refractivity contribution in [3.8, 4) is 11.1 Å². The lowest BCUT2D eigenvalue weighted by atomic mass is 9.77. The van der Waals surface area contributed by atoms with E-state index in [1.54, 1.807) is 12.1 Å². The maximum atomic E-state index is 15.2. The summed E-state index contributed by atoms with van der Waals surface area (Å²) in [4.78, 5) is 0.